The Kier molecular flexibility index (Phi) is 4.60. The largest absolute Gasteiger partial charge is 0.457 e. The zero-order valence-electron chi connectivity index (χ0n) is 13.2. The molecule has 1 amide bonds. The summed E-state index contributed by atoms with van der Waals surface area (Å²) >= 11 is 0. The van der Waals surface area contributed by atoms with E-state index < -0.39 is 0 Å². The molecule has 2 aromatic rings. The van der Waals surface area contributed by atoms with Gasteiger partial charge in [-0.1, -0.05) is 12.1 Å². The van der Waals surface area contributed by atoms with Crippen LogP contribution in [0, 0.1) is 5.82 Å². The minimum Gasteiger partial charge on any atom is -0.457 e. The lowest BCUT2D eigenvalue weighted by molar-refractivity contribution is -0.130. The minimum atomic E-state index is -0.289. The second-order valence-electron chi connectivity index (χ2n) is 5.96. The molecule has 0 spiro atoms. The molecule has 0 saturated carbocycles. The van der Waals surface area contributed by atoms with Gasteiger partial charge < -0.3 is 9.64 Å². The standard InChI is InChI=1S/C19H20FNO2/c1-14-3-2-12-21(14)19(22)13-15-4-8-17(9-5-15)23-18-10-6-16(20)7-11-18/h4-11,14H,2-3,12-13H2,1H3. The third-order valence-corrected chi connectivity index (χ3v) is 4.20. The monoisotopic (exact) mass is 313 g/mol. The van der Waals surface area contributed by atoms with Crippen molar-refractivity contribution < 1.29 is 13.9 Å². The van der Waals surface area contributed by atoms with Crippen molar-refractivity contribution in [2.45, 2.75) is 32.2 Å². The molecule has 1 atom stereocenters. The summed E-state index contributed by atoms with van der Waals surface area (Å²) in [6.45, 7) is 2.97. The predicted molar refractivity (Wildman–Crippen MR) is 87.0 cm³/mol. The van der Waals surface area contributed by atoms with Gasteiger partial charge in [0.25, 0.3) is 0 Å². The van der Waals surface area contributed by atoms with Gasteiger partial charge >= 0.3 is 0 Å². The number of carbonyl (C=O) groups is 1. The normalized spacial score (nSPS) is 17.3. The van der Waals surface area contributed by atoms with Crippen molar-refractivity contribution in [1.29, 1.82) is 0 Å². The summed E-state index contributed by atoms with van der Waals surface area (Å²) in [7, 11) is 0. The summed E-state index contributed by atoms with van der Waals surface area (Å²) in [4.78, 5) is 14.3. The van der Waals surface area contributed by atoms with E-state index in [9.17, 15) is 9.18 Å². The van der Waals surface area contributed by atoms with E-state index in [1.54, 1.807) is 12.1 Å². The molecule has 1 unspecified atom stereocenters. The lowest BCUT2D eigenvalue weighted by atomic mass is 10.1. The van der Waals surface area contributed by atoms with Gasteiger partial charge in [0.05, 0.1) is 6.42 Å². The highest BCUT2D eigenvalue weighted by molar-refractivity contribution is 5.79. The molecule has 1 saturated heterocycles. The quantitative estimate of drug-likeness (QED) is 0.848. The highest BCUT2D eigenvalue weighted by Gasteiger charge is 2.24. The van der Waals surface area contributed by atoms with E-state index >= 15 is 0 Å². The van der Waals surface area contributed by atoms with Gasteiger partial charge in [-0.2, -0.15) is 0 Å². The molecule has 1 aliphatic rings. The first-order chi connectivity index (χ1) is 11.1. The van der Waals surface area contributed by atoms with Gasteiger partial charge in [-0.25, -0.2) is 4.39 Å². The van der Waals surface area contributed by atoms with Crippen LogP contribution < -0.4 is 4.74 Å². The Hall–Kier alpha value is -2.36. The highest BCUT2D eigenvalue weighted by atomic mass is 19.1. The molecule has 1 heterocycles. The van der Waals surface area contributed by atoms with Crippen LogP contribution in [0.2, 0.25) is 0 Å². The number of hydrogen-bond acceptors (Lipinski definition) is 2. The van der Waals surface area contributed by atoms with Crippen molar-refractivity contribution in [2.75, 3.05) is 6.54 Å². The fourth-order valence-corrected chi connectivity index (χ4v) is 2.89. The predicted octanol–water partition coefficient (Wildman–Crippen LogP) is 4.17. The molecule has 1 fully saturated rings. The van der Waals surface area contributed by atoms with Gasteiger partial charge in [0.1, 0.15) is 17.3 Å². The molecule has 0 aromatic heterocycles. The molecule has 3 nitrogen and oxygen atoms in total. The molecule has 2 aromatic carbocycles. The molecular formula is C19H20FNO2. The van der Waals surface area contributed by atoms with Crippen LogP contribution in [-0.4, -0.2) is 23.4 Å². The van der Waals surface area contributed by atoms with E-state index in [0.29, 0.717) is 24.0 Å². The summed E-state index contributed by atoms with van der Waals surface area (Å²) in [6, 6.07) is 13.7. The van der Waals surface area contributed by atoms with Gasteiger partial charge in [-0.3, -0.25) is 4.79 Å². The van der Waals surface area contributed by atoms with E-state index in [-0.39, 0.29) is 11.7 Å². The first-order valence-electron chi connectivity index (χ1n) is 7.93. The molecule has 0 aliphatic carbocycles. The second-order valence-corrected chi connectivity index (χ2v) is 5.96. The topological polar surface area (TPSA) is 29.5 Å². The Balaban J connectivity index is 1.60. The first-order valence-corrected chi connectivity index (χ1v) is 7.93. The zero-order chi connectivity index (χ0) is 16.2. The van der Waals surface area contributed by atoms with Crippen molar-refractivity contribution in [3.8, 4) is 11.5 Å². The van der Waals surface area contributed by atoms with Crippen LogP contribution in [0.15, 0.2) is 48.5 Å². The Morgan fingerprint density at radius 1 is 1.13 bits per heavy atom. The van der Waals surface area contributed by atoms with Gasteiger partial charge in [-0.15, -0.1) is 0 Å². The van der Waals surface area contributed by atoms with Crippen molar-refractivity contribution in [3.05, 3.63) is 59.9 Å². The van der Waals surface area contributed by atoms with Crippen LogP contribution in [0.25, 0.3) is 0 Å². The Labute approximate surface area is 135 Å². The van der Waals surface area contributed by atoms with E-state index in [1.807, 2.05) is 29.2 Å². The summed E-state index contributed by atoms with van der Waals surface area (Å²) in [5.74, 6) is 1.15. The molecule has 120 valence electrons. The number of rotatable bonds is 4. The van der Waals surface area contributed by atoms with E-state index in [0.717, 1.165) is 24.9 Å². The molecule has 23 heavy (non-hydrogen) atoms. The number of amides is 1. The zero-order valence-corrected chi connectivity index (χ0v) is 13.2. The maximum absolute atomic E-state index is 12.9. The van der Waals surface area contributed by atoms with Crippen molar-refractivity contribution in [2.24, 2.45) is 0 Å². The SMILES string of the molecule is CC1CCCN1C(=O)Cc1ccc(Oc2ccc(F)cc2)cc1. The summed E-state index contributed by atoms with van der Waals surface area (Å²) in [6.07, 6.45) is 2.61. The lowest BCUT2D eigenvalue weighted by Crippen LogP contribution is -2.34. The maximum Gasteiger partial charge on any atom is 0.227 e. The third-order valence-electron chi connectivity index (χ3n) is 4.20. The van der Waals surface area contributed by atoms with Crippen molar-refractivity contribution >= 4 is 5.91 Å². The fourth-order valence-electron chi connectivity index (χ4n) is 2.89. The van der Waals surface area contributed by atoms with Crippen LogP contribution in [0.5, 0.6) is 11.5 Å². The summed E-state index contributed by atoms with van der Waals surface area (Å²) in [5, 5.41) is 0. The van der Waals surface area contributed by atoms with Crippen molar-refractivity contribution in [1.82, 2.24) is 4.90 Å². The summed E-state index contributed by atoms with van der Waals surface area (Å²) in [5.41, 5.74) is 0.973. The molecule has 4 heteroatoms. The molecule has 0 radical (unpaired) electrons. The Morgan fingerprint density at radius 3 is 2.30 bits per heavy atom. The number of halogens is 1. The molecular weight excluding hydrogens is 293 g/mol. The third kappa shape index (κ3) is 3.89. The van der Waals surface area contributed by atoms with Gasteiger partial charge in [-0.05, 0) is 61.7 Å². The van der Waals surface area contributed by atoms with Crippen LogP contribution in [0.4, 0.5) is 4.39 Å². The van der Waals surface area contributed by atoms with Gasteiger partial charge in [0.2, 0.25) is 5.91 Å². The van der Waals surface area contributed by atoms with Crippen LogP contribution in [-0.2, 0) is 11.2 Å². The van der Waals surface area contributed by atoms with Gasteiger partial charge in [0, 0.05) is 12.6 Å². The average Bonchev–Trinajstić information content (AvgIpc) is 2.98. The van der Waals surface area contributed by atoms with E-state index in [1.165, 1.54) is 12.1 Å². The Bertz CT molecular complexity index is 667. The smallest absolute Gasteiger partial charge is 0.227 e. The number of benzene rings is 2. The van der Waals surface area contributed by atoms with E-state index in [2.05, 4.69) is 6.92 Å². The fraction of sp³-hybridized carbons (Fsp3) is 0.316. The molecule has 0 bridgehead atoms. The number of hydrogen-bond donors (Lipinski definition) is 0. The molecule has 3 rings (SSSR count). The number of nitrogens with zero attached hydrogens (tertiary/aromatic N) is 1. The number of likely N-dealkylation sites (tertiary alicyclic amines) is 1. The second kappa shape index (κ2) is 6.82. The van der Waals surface area contributed by atoms with E-state index in [4.69, 9.17) is 4.74 Å². The first kappa shape index (κ1) is 15.5. The number of carbonyl (C=O) groups excluding carboxylic acids is 1. The molecule has 0 N–H and O–H groups in total. The van der Waals surface area contributed by atoms with Crippen LogP contribution in [0.1, 0.15) is 25.3 Å². The molecule has 1 aliphatic heterocycles. The van der Waals surface area contributed by atoms with Crippen LogP contribution >= 0.6 is 0 Å². The Morgan fingerprint density at radius 2 is 1.74 bits per heavy atom. The average molecular weight is 313 g/mol. The number of ether oxygens (including phenoxy) is 1. The van der Waals surface area contributed by atoms with Gasteiger partial charge in [0.15, 0.2) is 0 Å². The highest BCUT2D eigenvalue weighted by Crippen LogP contribution is 2.23. The lowest BCUT2D eigenvalue weighted by Gasteiger charge is -2.21. The minimum absolute atomic E-state index is 0.183. The maximum atomic E-state index is 12.9. The summed E-state index contributed by atoms with van der Waals surface area (Å²) < 4.78 is 18.5. The van der Waals surface area contributed by atoms with Crippen molar-refractivity contribution in [3.63, 3.8) is 0 Å². The van der Waals surface area contributed by atoms with Crippen LogP contribution in [0.3, 0.4) is 0 Å².